The van der Waals surface area contributed by atoms with Gasteiger partial charge in [0.05, 0.1) is 7.11 Å². The molecular formula is C8H14N2O2. The van der Waals surface area contributed by atoms with Crippen LogP contribution in [0.5, 0.6) is 0 Å². The number of rotatable bonds is 0. The molecule has 0 unspecified atom stereocenters. The van der Waals surface area contributed by atoms with E-state index in [9.17, 15) is 4.79 Å². The van der Waals surface area contributed by atoms with Crippen LogP contribution in [0, 0.1) is 6.92 Å². The van der Waals surface area contributed by atoms with E-state index in [1.807, 2.05) is 24.7 Å². The highest BCUT2D eigenvalue weighted by molar-refractivity contribution is 5.65. The van der Waals surface area contributed by atoms with Gasteiger partial charge in [-0.3, -0.25) is 4.79 Å². The van der Waals surface area contributed by atoms with Crippen molar-refractivity contribution in [3.63, 3.8) is 0 Å². The van der Waals surface area contributed by atoms with E-state index in [0.717, 1.165) is 5.82 Å². The molecule has 0 aliphatic rings. The maximum Gasteiger partial charge on any atom is 0.302 e. The van der Waals surface area contributed by atoms with Crippen LogP contribution in [-0.2, 0) is 16.6 Å². The maximum atomic E-state index is 9.59. The summed E-state index contributed by atoms with van der Waals surface area (Å²) in [5, 5.41) is 0. The summed E-state index contributed by atoms with van der Waals surface area (Å²) >= 11 is 0. The van der Waals surface area contributed by atoms with Gasteiger partial charge in [0.15, 0.2) is 0 Å². The van der Waals surface area contributed by atoms with Crippen molar-refractivity contribution in [2.24, 2.45) is 7.05 Å². The third-order valence-corrected chi connectivity index (χ3v) is 1.35. The summed E-state index contributed by atoms with van der Waals surface area (Å²) in [5.41, 5.74) is 0. The Morgan fingerprint density at radius 3 is 2.25 bits per heavy atom. The number of esters is 1. The number of aromatic nitrogens is 2. The van der Waals surface area contributed by atoms with Crippen LogP contribution in [0.15, 0.2) is 12.4 Å². The van der Waals surface area contributed by atoms with E-state index in [1.54, 1.807) is 6.20 Å². The lowest BCUT2D eigenvalue weighted by Crippen LogP contribution is -1.88. The number of carbonyl (C=O) groups excluding carboxylic acids is 1. The summed E-state index contributed by atoms with van der Waals surface area (Å²) in [7, 11) is 3.32. The van der Waals surface area contributed by atoms with Crippen molar-refractivity contribution < 1.29 is 9.53 Å². The molecule has 68 valence electrons. The minimum atomic E-state index is -0.245. The molecule has 0 amide bonds. The smallest absolute Gasteiger partial charge is 0.302 e. The average Bonchev–Trinajstić information content (AvgIpc) is 2.37. The molecule has 1 rings (SSSR count). The van der Waals surface area contributed by atoms with Crippen LogP contribution in [0.3, 0.4) is 0 Å². The predicted molar refractivity (Wildman–Crippen MR) is 45.6 cm³/mol. The van der Waals surface area contributed by atoms with Gasteiger partial charge in [0.2, 0.25) is 0 Å². The zero-order valence-electron chi connectivity index (χ0n) is 7.87. The second-order valence-corrected chi connectivity index (χ2v) is 2.28. The SMILES string of the molecule is COC(C)=O.Cc1nccn1C. The lowest BCUT2D eigenvalue weighted by atomic mass is 10.7. The van der Waals surface area contributed by atoms with E-state index in [0.29, 0.717) is 0 Å². The average molecular weight is 170 g/mol. The molecule has 0 N–H and O–H groups in total. The molecule has 12 heavy (non-hydrogen) atoms. The van der Waals surface area contributed by atoms with Gasteiger partial charge in [-0.05, 0) is 6.92 Å². The van der Waals surface area contributed by atoms with Crippen LogP contribution in [0.2, 0.25) is 0 Å². The quantitative estimate of drug-likeness (QED) is 0.543. The molecule has 0 saturated carbocycles. The molecule has 0 bridgehead atoms. The summed E-state index contributed by atoms with van der Waals surface area (Å²) < 4.78 is 6.08. The van der Waals surface area contributed by atoms with Crippen molar-refractivity contribution in [1.82, 2.24) is 9.55 Å². The largest absolute Gasteiger partial charge is 0.469 e. The second kappa shape index (κ2) is 5.35. The number of hydrogen-bond acceptors (Lipinski definition) is 3. The van der Waals surface area contributed by atoms with Crippen molar-refractivity contribution in [2.45, 2.75) is 13.8 Å². The van der Waals surface area contributed by atoms with Crippen molar-refractivity contribution in [1.29, 1.82) is 0 Å². The molecule has 1 heterocycles. The highest BCUT2D eigenvalue weighted by Gasteiger charge is 1.83. The third kappa shape index (κ3) is 4.49. The number of imidazole rings is 1. The van der Waals surface area contributed by atoms with Crippen molar-refractivity contribution in [3.05, 3.63) is 18.2 Å². The fraction of sp³-hybridized carbons (Fsp3) is 0.500. The first kappa shape index (κ1) is 10.7. The summed E-state index contributed by atoms with van der Waals surface area (Å²) in [6, 6.07) is 0. The topological polar surface area (TPSA) is 44.1 Å². The highest BCUT2D eigenvalue weighted by Crippen LogP contribution is 1.86. The van der Waals surface area contributed by atoms with Crippen molar-refractivity contribution >= 4 is 5.97 Å². The number of carbonyl (C=O) groups is 1. The monoisotopic (exact) mass is 170 g/mol. The van der Waals surface area contributed by atoms with Gasteiger partial charge >= 0.3 is 5.97 Å². The zero-order chi connectivity index (χ0) is 9.56. The molecular weight excluding hydrogens is 156 g/mol. The number of hydrogen-bond donors (Lipinski definition) is 0. The molecule has 0 fully saturated rings. The van der Waals surface area contributed by atoms with E-state index in [1.165, 1.54) is 14.0 Å². The summed E-state index contributed by atoms with van der Waals surface area (Å²) in [6.07, 6.45) is 3.71. The lowest BCUT2D eigenvalue weighted by Gasteiger charge is -1.87. The van der Waals surface area contributed by atoms with E-state index in [4.69, 9.17) is 0 Å². The molecule has 0 aliphatic heterocycles. The van der Waals surface area contributed by atoms with E-state index < -0.39 is 0 Å². The molecule has 1 aromatic rings. The van der Waals surface area contributed by atoms with Gasteiger partial charge in [-0.1, -0.05) is 0 Å². The third-order valence-electron chi connectivity index (χ3n) is 1.35. The van der Waals surface area contributed by atoms with Crippen molar-refractivity contribution in [3.8, 4) is 0 Å². The Morgan fingerprint density at radius 1 is 1.67 bits per heavy atom. The highest BCUT2D eigenvalue weighted by atomic mass is 16.5. The van der Waals surface area contributed by atoms with Gasteiger partial charge in [0.25, 0.3) is 0 Å². The van der Waals surface area contributed by atoms with Crippen LogP contribution >= 0.6 is 0 Å². The summed E-state index contributed by atoms with van der Waals surface area (Å²) in [4.78, 5) is 13.6. The normalized spacial score (nSPS) is 8.33. The summed E-state index contributed by atoms with van der Waals surface area (Å²) in [6.45, 7) is 3.33. The van der Waals surface area contributed by atoms with Crippen LogP contribution in [-0.4, -0.2) is 22.6 Å². The van der Waals surface area contributed by atoms with Gasteiger partial charge in [0.1, 0.15) is 5.82 Å². The van der Waals surface area contributed by atoms with E-state index >= 15 is 0 Å². The Balaban J connectivity index is 0.000000217. The van der Waals surface area contributed by atoms with Crippen LogP contribution in [0.25, 0.3) is 0 Å². The number of nitrogens with zero attached hydrogens (tertiary/aromatic N) is 2. The van der Waals surface area contributed by atoms with E-state index in [-0.39, 0.29) is 5.97 Å². The maximum absolute atomic E-state index is 9.59. The molecule has 0 aliphatic carbocycles. The Hall–Kier alpha value is -1.32. The molecule has 0 saturated heterocycles. The Bertz CT molecular complexity index is 226. The first-order valence-electron chi connectivity index (χ1n) is 3.56. The first-order valence-corrected chi connectivity index (χ1v) is 3.56. The minimum absolute atomic E-state index is 0.245. The molecule has 0 spiro atoms. The van der Waals surface area contributed by atoms with Gasteiger partial charge < -0.3 is 9.30 Å². The Kier molecular flexibility index (Phi) is 4.76. The van der Waals surface area contributed by atoms with Gasteiger partial charge in [-0.25, -0.2) is 4.98 Å². The Morgan fingerprint density at radius 2 is 2.17 bits per heavy atom. The number of methoxy groups -OCH3 is 1. The standard InChI is InChI=1S/C5H8N2.C3H6O2/c1-5-6-3-4-7(5)2;1-3(4)5-2/h3-4H,1-2H3;1-2H3. The minimum Gasteiger partial charge on any atom is -0.469 e. The van der Waals surface area contributed by atoms with Gasteiger partial charge in [-0.15, -0.1) is 0 Å². The lowest BCUT2D eigenvalue weighted by molar-refractivity contribution is -0.137. The Labute approximate surface area is 72.2 Å². The van der Waals surface area contributed by atoms with Crippen LogP contribution in [0.4, 0.5) is 0 Å². The van der Waals surface area contributed by atoms with E-state index in [2.05, 4.69) is 9.72 Å². The predicted octanol–water partition coefficient (Wildman–Crippen LogP) is 0.908. The molecule has 0 atom stereocenters. The number of ether oxygens (including phenoxy) is 1. The zero-order valence-corrected chi connectivity index (χ0v) is 7.87. The molecule has 0 aromatic carbocycles. The molecule has 1 aromatic heterocycles. The van der Waals surface area contributed by atoms with Crippen molar-refractivity contribution in [2.75, 3.05) is 7.11 Å². The number of aryl methyl sites for hydroxylation is 2. The summed E-state index contributed by atoms with van der Waals surface area (Å²) in [5.74, 6) is 0.810. The molecule has 0 radical (unpaired) electrons. The molecule has 4 nitrogen and oxygen atoms in total. The van der Waals surface area contributed by atoms with Gasteiger partial charge in [0, 0.05) is 26.4 Å². The second-order valence-electron chi connectivity index (χ2n) is 2.28. The first-order chi connectivity index (χ1) is 5.57. The van der Waals surface area contributed by atoms with Gasteiger partial charge in [-0.2, -0.15) is 0 Å². The van der Waals surface area contributed by atoms with Crippen LogP contribution in [0.1, 0.15) is 12.7 Å². The molecule has 4 heteroatoms. The fourth-order valence-electron chi connectivity index (χ4n) is 0.440. The fourth-order valence-corrected chi connectivity index (χ4v) is 0.440. The van der Waals surface area contributed by atoms with Crippen LogP contribution < -0.4 is 0 Å².